The fourth-order valence-corrected chi connectivity index (χ4v) is 4.91. The van der Waals surface area contributed by atoms with Crippen LogP contribution in [0.5, 0.6) is 0 Å². The molecule has 0 radical (unpaired) electrons. The molecule has 0 spiro atoms. The topological polar surface area (TPSA) is 49.5 Å². The molecule has 2 aliphatic rings. The van der Waals surface area contributed by atoms with Crippen molar-refractivity contribution in [3.05, 3.63) is 48.0 Å². The number of nitrogens with two attached hydrogens (primary N) is 1. The molecule has 0 bridgehead atoms. The quantitative estimate of drug-likeness (QED) is 0.894. The Labute approximate surface area is 150 Å². The first-order valence-electron chi connectivity index (χ1n) is 9.84. The molecule has 1 unspecified atom stereocenters. The average Bonchev–Trinajstić information content (AvgIpc) is 3.05. The zero-order valence-corrected chi connectivity index (χ0v) is 15.0. The van der Waals surface area contributed by atoms with Crippen molar-refractivity contribution in [2.45, 2.75) is 56.1 Å². The van der Waals surface area contributed by atoms with Crippen molar-refractivity contribution in [2.75, 3.05) is 19.6 Å². The number of benzene rings is 2. The van der Waals surface area contributed by atoms with Crippen LogP contribution in [0.25, 0.3) is 10.8 Å². The van der Waals surface area contributed by atoms with Crippen LogP contribution in [0.2, 0.25) is 0 Å². The van der Waals surface area contributed by atoms with E-state index in [4.69, 9.17) is 5.73 Å². The predicted octanol–water partition coefficient (Wildman–Crippen LogP) is 3.65. The average molecular weight is 338 g/mol. The number of rotatable bonds is 4. The lowest BCUT2D eigenvalue weighted by atomic mass is 9.71. The maximum Gasteiger partial charge on any atom is 0.0728 e. The molecule has 1 saturated carbocycles. The molecule has 1 aliphatic heterocycles. The Morgan fingerprint density at radius 1 is 1.08 bits per heavy atom. The normalized spacial score (nSPS) is 25.3. The highest BCUT2D eigenvalue weighted by atomic mass is 16.3. The molecule has 3 heteroatoms. The zero-order chi connectivity index (χ0) is 17.3. The second kappa shape index (κ2) is 7.06. The third kappa shape index (κ3) is 3.46. The van der Waals surface area contributed by atoms with E-state index < -0.39 is 5.60 Å². The first-order valence-corrected chi connectivity index (χ1v) is 9.84. The largest absolute Gasteiger partial charge is 0.389 e. The molecule has 2 atom stereocenters. The lowest BCUT2D eigenvalue weighted by Gasteiger charge is -2.41. The van der Waals surface area contributed by atoms with E-state index in [1.165, 1.54) is 22.8 Å². The van der Waals surface area contributed by atoms with Crippen LogP contribution in [0.4, 0.5) is 0 Å². The molecule has 134 valence electrons. The van der Waals surface area contributed by atoms with Gasteiger partial charge >= 0.3 is 0 Å². The van der Waals surface area contributed by atoms with Gasteiger partial charge in [0.2, 0.25) is 0 Å². The highest BCUT2D eigenvalue weighted by Crippen LogP contribution is 2.42. The van der Waals surface area contributed by atoms with Crippen molar-refractivity contribution < 1.29 is 5.11 Å². The fourth-order valence-electron chi connectivity index (χ4n) is 4.91. The van der Waals surface area contributed by atoms with Gasteiger partial charge in [-0.1, -0.05) is 61.7 Å². The van der Waals surface area contributed by atoms with Gasteiger partial charge in [-0.05, 0) is 42.1 Å². The minimum atomic E-state index is -0.588. The third-order valence-corrected chi connectivity index (χ3v) is 6.32. The minimum Gasteiger partial charge on any atom is -0.389 e. The molecule has 1 saturated heterocycles. The van der Waals surface area contributed by atoms with Gasteiger partial charge < -0.3 is 15.7 Å². The van der Waals surface area contributed by atoms with E-state index in [1.54, 1.807) is 0 Å². The lowest BCUT2D eigenvalue weighted by Crippen LogP contribution is -2.44. The van der Waals surface area contributed by atoms with E-state index in [0.717, 1.165) is 51.7 Å². The Morgan fingerprint density at radius 3 is 2.60 bits per heavy atom. The first-order chi connectivity index (χ1) is 12.2. The summed E-state index contributed by atoms with van der Waals surface area (Å²) in [6.45, 7) is 2.92. The molecular weight excluding hydrogens is 308 g/mol. The Bertz CT molecular complexity index is 718. The second-order valence-electron chi connectivity index (χ2n) is 8.09. The Balaban J connectivity index is 1.73. The van der Waals surface area contributed by atoms with Gasteiger partial charge in [-0.15, -0.1) is 0 Å². The molecule has 3 nitrogen and oxygen atoms in total. The monoisotopic (exact) mass is 338 g/mol. The van der Waals surface area contributed by atoms with Crippen molar-refractivity contribution in [1.82, 2.24) is 4.90 Å². The molecular formula is C22H30N2O. The van der Waals surface area contributed by atoms with Gasteiger partial charge in [0.25, 0.3) is 0 Å². The van der Waals surface area contributed by atoms with Crippen LogP contribution >= 0.6 is 0 Å². The van der Waals surface area contributed by atoms with Gasteiger partial charge in [-0.2, -0.15) is 0 Å². The van der Waals surface area contributed by atoms with Crippen LogP contribution in [0.1, 0.15) is 50.0 Å². The number of nitrogens with zero attached hydrogens (tertiary/aromatic N) is 1. The molecule has 4 rings (SSSR count). The zero-order valence-electron chi connectivity index (χ0n) is 15.0. The van der Waals surface area contributed by atoms with Gasteiger partial charge in [0, 0.05) is 25.0 Å². The maximum absolute atomic E-state index is 11.6. The summed E-state index contributed by atoms with van der Waals surface area (Å²) in [7, 11) is 0. The van der Waals surface area contributed by atoms with E-state index in [1.807, 2.05) is 0 Å². The van der Waals surface area contributed by atoms with E-state index in [-0.39, 0.29) is 12.0 Å². The molecule has 0 aromatic heterocycles. The second-order valence-corrected chi connectivity index (χ2v) is 8.09. The van der Waals surface area contributed by atoms with Crippen molar-refractivity contribution in [3.63, 3.8) is 0 Å². The molecule has 3 N–H and O–H groups in total. The summed E-state index contributed by atoms with van der Waals surface area (Å²) in [4.78, 5) is 2.46. The van der Waals surface area contributed by atoms with Crippen LogP contribution in [-0.2, 0) is 0 Å². The van der Waals surface area contributed by atoms with Gasteiger partial charge in [-0.25, -0.2) is 0 Å². The Kier molecular flexibility index (Phi) is 4.81. The summed E-state index contributed by atoms with van der Waals surface area (Å²) in [6, 6.07) is 15.4. The summed E-state index contributed by atoms with van der Waals surface area (Å²) in [5.41, 5.74) is 6.86. The van der Waals surface area contributed by atoms with Gasteiger partial charge in [0.1, 0.15) is 0 Å². The first kappa shape index (κ1) is 17.0. The van der Waals surface area contributed by atoms with Crippen molar-refractivity contribution in [1.29, 1.82) is 0 Å². The lowest BCUT2D eigenvalue weighted by molar-refractivity contribution is -0.0290. The molecule has 2 fully saturated rings. The highest BCUT2D eigenvalue weighted by Gasteiger charge is 2.40. The van der Waals surface area contributed by atoms with E-state index in [0.29, 0.717) is 0 Å². The Hall–Kier alpha value is -1.42. The fraction of sp³-hybridized carbons (Fsp3) is 0.545. The van der Waals surface area contributed by atoms with Gasteiger partial charge in [-0.3, -0.25) is 0 Å². The highest BCUT2D eigenvalue weighted by molar-refractivity contribution is 5.86. The summed E-state index contributed by atoms with van der Waals surface area (Å²) in [5.74, 6) is 0.157. The third-order valence-electron chi connectivity index (χ3n) is 6.32. The number of hydrogen-bond donors (Lipinski definition) is 2. The molecule has 2 aromatic rings. The SMILES string of the molecule is N[C@H]1CCN(CC(c2cccc3ccccc23)C2(O)CCCCC2)C1. The van der Waals surface area contributed by atoms with Gasteiger partial charge in [0.15, 0.2) is 0 Å². The van der Waals surface area contributed by atoms with E-state index in [2.05, 4.69) is 47.4 Å². The van der Waals surface area contributed by atoms with E-state index in [9.17, 15) is 5.11 Å². The Morgan fingerprint density at radius 2 is 1.84 bits per heavy atom. The number of aliphatic hydroxyl groups is 1. The van der Waals surface area contributed by atoms with Crippen molar-refractivity contribution in [3.8, 4) is 0 Å². The van der Waals surface area contributed by atoms with Crippen LogP contribution in [0, 0.1) is 0 Å². The maximum atomic E-state index is 11.6. The molecule has 0 amide bonds. The summed E-state index contributed by atoms with van der Waals surface area (Å²) >= 11 is 0. The summed E-state index contributed by atoms with van der Waals surface area (Å²) < 4.78 is 0. The molecule has 1 heterocycles. The molecule has 2 aromatic carbocycles. The summed E-state index contributed by atoms with van der Waals surface area (Å²) in [6.07, 6.45) is 6.43. The molecule has 1 aliphatic carbocycles. The molecule has 25 heavy (non-hydrogen) atoms. The standard InChI is InChI=1S/C22H30N2O/c23-18-11-14-24(15-18)16-21(22(25)12-4-1-5-13-22)20-10-6-8-17-7-2-3-9-19(17)20/h2-3,6-10,18,21,25H,1,4-5,11-16,23H2/t18-,21?/m0/s1. The number of likely N-dealkylation sites (tertiary alicyclic amines) is 1. The van der Waals surface area contributed by atoms with Crippen LogP contribution in [0.3, 0.4) is 0 Å². The van der Waals surface area contributed by atoms with Gasteiger partial charge in [0.05, 0.1) is 5.60 Å². The van der Waals surface area contributed by atoms with E-state index >= 15 is 0 Å². The van der Waals surface area contributed by atoms with Crippen LogP contribution in [-0.4, -0.2) is 41.3 Å². The van der Waals surface area contributed by atoms with Crippen molar-refractivity contribution >= 4 is 10.8 Å². The summed E-state index contributed by atoms with van der Waals surface area (Å²) in [5, 5.41) is 14.2. The minimum absolute atomic E-state index is 0.157. The van der Waals surface area contributed by atoms with Crippen LogP contribution in [0.15, 0.2) is 42.5 Å². The van der Waals surface area contributed by atoms with Crippen molar-refractivity contribution in [2.24, 2.45) is 5.73 Å². The van der Waals surface area contributed by atoms with Crippen LogP contribution < -0.4 is 5.73 Å². The number of fused-ring (bicyclic) bond motifs is 1. The smallest absolute Gasteiger partial charge is 0.0728 e. The number of hydrogen-bond acceptors (Lipinski definition) is 3. The predicted molar refractivity (Wildman–Crippen MR) is 104 cm³/mol.